The highest BCUT2D eigenvalue weighted by Gasteiger charge is 2.05. The van der Waals surface area contributed by atoms with E-state index in [2.05, 4.69) is 66.3 Å². The molecule has 2 heterocycles. The second-order valence-electron chi connectivity index (χ2n) is 8.73. The van der Waals surface area contributed by atoms with E-state index >= 15 is 0 Å². The normalized spacial score (nSPS) is 10.7. The standard InChI is InChI=1S/C29H33N7.2BrH/c1-33(2)28-12-10-26(11-13-28)31-32-27-16-22-36(23-17-27)19-7-18-35-20-14-25(15-21-35)24-30-34(3)29-8-5-4-6-9-29;;/h4-6,8-17,20-24H,7,18-19H2,1-3H3;2*1H/q+2;;/p-2. The topological polar surface area (TPSA) is 51.3 Å². The minimum atomic E-state index is 0. The number of hydrogen-bond acceptors (Lipinski definition) is 5. The molecule has 0 spiro atoms. The Bertz CT molecular complexity index is 1280. The van der Waals surface area contributed by atoms with Crippen molar-refractivity contribution >= 4 is 29.0 Å². The molecule has 4 rings (SSSR count). The first-order valence-electron chi connectivity index (χ1n) is 12.1. The number of pyridine rings is 2. The summed E-state index contributed by atoms with van der Waals surface area (Å²) in [7, 11) is 5.99. The Kier molecular flexibility index (Phi) is 12.8. The molecule has 4 aromatic rings. The Morgan fingerprint density at radius 1 is 0.632 bits per heavy atom. The average Bonchev–Trinajstić information content (AvgIpc) is 2.92. The van der Waals surface area contributed by atoms with Crippen molar-refractivity contribution in [3.8, 4) is 0 Å². The van der Waals surface area contributed by atoms with E-state index in [9.17, 15) is 0 Å². The summed E-state index contributed by atoms with van der Waals surface area (Å²) in [5, 5.41) is 15.1. The van der Waals surface area contributed by atoms with Gasteiger partial charge in [0.05, 0.1) is 29.7 Å². The summed E-state index contributed by atoms with van der Waals surface area (Å²) in [5.74, 6) is 0. The van der Waals surface area contributed by atoms with Crippen LogP contribution >= 0.6 is 0 Å². The first-order chi connectivity index (χ1) is 17.6. The number of hydrogen-bond donors (Lipinski definition) is 0. The van der Waals surface area contributed by atoms with Crippen LogP contribution in [0.1, 0.15) is 12.0 Å². The quantitative estimate of drug-likeness (QED) is 0.100. The van der Waals surface area contributed by atoms with Gasteiger partial charge in [-0.15, -0.1) is 0 Å². The summed E-state index contributed by atoms with van der Waals surface area (Å²) in [6.45, 7) is 1.88. The van der Waals surface area contributed by atoms with E-state index in [4.69, 9.17) is 0 Å². The highest BCUT2D eigenvalue weighted by molar-refractivity contribution is 5.79. The van der Waals surface area contributed by atoms with E-state index in [0.29, 0.717) is 0 Å². The maximum atomic E-state index is 4.52. The molecule has 0 amide bonds. The molecule has 0 radical (unpaired) electrons. The van der Waals surface area contributed by atoms with E-state index in [1.54, 1.807) is 0 Å². The van der Waals surface area contributed by atoms with Crippen LogP contribution in [0.4, 0.5) is 22.7 Å². The van der Waals surface area contributed by atoms with Gasteiger partial charge in [0.15, 0.2) is 37.9 Å². The minimum absolute atomic E-state index is 0. The van der Waals surface area contributed by atoms with Crippen molar-refractivity contribution < 1.29 is 43.1 Å². The van der Waals surface area contributed by atoms with Gasteiger partial charge in [-0.3, -0.25) is 5.01 Å². The van der Waals surface area contributed by atoms with E-state index in [0.717, 1.165) is 47.8 Å². The fourth-order valence-electron chi connectivity index (χ4n) is 3.60. The first-order valence-corrected chi connectivity index (χ1v) is 12.1. The summed E-state index contributed by atoms with van der Waals surface area (Å²) in [6, 6.07) is 26.3. The molecule has 2 aromatic carbocycles. The summed E-state index contributed by atoms with van der Waals surface area (Å²) in [5.41, 5.74) is 4.96. The minimum Gasteiger partial charge on any atom is -1.00 e. The molecule has 198 valence electrons. The number of rotatable bonds is 10. The molecule has 0 saturated carbocycles. The van der Waals surface area contributed by atoms with E-state index in [1.807, 2.05) is 99.1 Å². The Morgan fingerprint density at radius 2 is 1.16 bits per heavy atom. The molecular weight excluding hydrogens is 606 g/mol. The number of halogens is 2. The van der Waals surface area contributed by atoms with Crippen LogP contribution in [0.25, 0.3) is 0 Å². The number of benzene rings is 2. The molecule has 0 bridgehead atoms. The van der Waals surface area contributed by atoms with Crippen LogP contribution in [0.15, 0.2) is 119 Å². The maximum absolute atomic E-state index is 4.52. The Hall–Kier alpha value is -3.43. The number of para-hydroxylation sites is 1. The molecule has 0 saturated heterocycles. The predicted molar refractivity (Wildman–Crippen MR) is 145 cm³/mol. The van der Waals surface area contributed by atoms with Crippen molar-refractivity contribution in [3.63, 3.8) is 0 Å². The molecule has 2 aromatic heterocycles. The number of anilines is 2. The van der Waals surface area contributed by atoms with Crippen molar-refractivity contribution in [1.82, 2.24) is 0 Å². The van der Waals surface area contributed by atoms with Gasteiger partial charge in [-0.1, -0.05) is 18.2 Å². The molecule has 0 N–H and O–H groups in total. The van der Waals surface area contributed by atoms with Gasteiger partial charge in [0, 0.05) is 56.7 Å². The summed E-state index contributed by atoms with van der Waals surface area (Å²) in [6.07, 6.45) is 11.2. The van der Waals surface area contributed by atoms with Crippen molar-refractivity contribution in [2.45, 2.75) is 19.5 Å². The number of hydrazone groups is 1. The second kappa shape index (κ2) is 15.7. The monoisotopic (exact) mass is 637 g/mol. The Labute approximate surface area is 246 Å². The zero-order valence-corrected chi connectivity index (χ0v) is 25.1. The van der Waals surface area contributed by atoms with Gasteiger partial charge >= 0.3 is 0 Å². The lowest BCUT2D eigenvalue weighted by atomic mass is 10.3. The average molecular weight is 639 g/mol. The van der Waals surface area contributed by atoms with Gasteiger partial charge in [0.2, 0.25) is 0 Å². The smallest absolute Gasteiger partial charge is 0.171 e. The van der Waals surface area contributed by atoms with Crippen LogP contribution in [0.3, 0.4) is 0 Å². The van der Waals surface area contributed by atoms with Gasteiger partial charge in [0.25, 0.3) is 0 Å². The number of aromatic nitrogens is 2. The highest BCUT2D eigenvalue weighted by atomic mass is 79.9. The molecule has 7 nitrogen and oxygen atoms in total. The zero-order chi connectivity index (χ0) is 25.2. The summed E-state index contributed by atoms with van der Waals surface area (Å²) >= 11 is 0. The first kappa shape index (κ1) is 30.8. The van der Waals surface area contributed by atoms with E-state index in [-0.39, 0.29) is 34.0 Å². The van der Waals surface area contributed by atoms with Crippen molar-refractivity contribution in [3.05, 3.63) is 109 Å². The van der Waals surface area contributed by atoms with Crippen molar-refractivity contribution in [1.29, 1.82) is 0 Å². The van der Waals surface area contributed by atoms with Gasteiger partial charge in [-0.05, 0) is 36.4 Å². The molecule has 0 aliphatic heterocycles. The molecule has 0 unspecified atom stereocenters. The van der Waals surface area contributed by atoms with Gasteiger partial charge in [-0.25, -0.2) is 9.13 Å². The number of azo groups is 1. The Morgan fingerprint density at radius 3 is 1.71 bits per heavy atom. The highest BCUT2D eigenvalue weighted by Crippen LogP contribution is 2.20. The molecule has 0 atom stereocenters. The van der Waals surface area contributed by atoms with Crippen LogP contribution in [0.5, 0.6) is 0 Å². The third-order valence-electron chi connectivity index (χ3n) is 5.78. The van der Waals surface area contributed by atoms with Crippen LogP contribution in [0, 0.1) is 0 Å². The lowest BCUT2D eigenvalue weighted by Crippen LogP contribution is -3.00. The number of aryl methyl sites for hydroxylation is 2. The molecule has 0 fully saturated rings. The predicted octanol–water partition coefficient (Wildman–Crippen LogP) is -0.688. The molecule has 9 heteroatoms. The van der Waals surface area contributed by atoms with Gasteiger partial charge in [0.1, 0.15) is 0 Å². The zero-order valence-electron chi connectivity index (χ0n) is 21.9. The van der Waals surface area contributed by atoms with Crippen LogP contribution in [-0.2, 0) is 13.1 Å². The molecule has 0 aliphatic carbocycles. The fraction of sp³-hybridized carbons (Fsp3) is 0.207. The van der Waals surface area contributed by atoms with E-state index in [1.165, 1.54) is 0 Å². The van der Waals surface area contributed by atoms with Crippen LogP contribution in [-0.4, -0.2) is 27.4 Å². The van der Waals surface area contributed by atoms with Crippen LogP contribution in [0.2, 0.25) is 0 Å². The number of nitrogens with zero attached hydrogens (tertiary/aromatic N) is 7. The lowest BCUT2D eigenvalue weighted by molar-refractivity contribution is -0.726. The van der Waals surface area contributed by atoms with Crippen molar-refractivity contribution in [2.24, 2.45) is 15.3 Å². The van der Waals surface area contributed by atoms with Gasteiger partial charge < -0.3 is 38.9 Å². The second-order valence-corrected chi connectivity index (χ2v) is 8.73. The molecule has 38 heavy (non-hydrogen) atoms. The largest absolute Gasteiger partial charge is 1.00 e. The molecule has 0 aliphatic rings. The maximum Gasteiger partial charge on any atom is 0.171 e. The third kappa shape index (κ3) is 9.46. The Balaban J connectivity index is 0.00000253. The van der Waals surface area contributed by atoms with E-state index < -0.39 is 0 Å². The SMILES string of the molecule is CN(C)c1ccc(N=Nc2cc[n+](CCC[n+]3ccc(/C=N\N(C)c4ccccc4)cc3)cc2)cc1.[Br-].[Br-]. The fourth-order valence-corrected chi connectivity index (χ4v) is 3.60. The van der Waals surface area contributed by atoms with Gasteiger partial charge in [-0.2, -0.15) is 15.3 Å². The molecular formula is C29H33Br2N7. The van der Waals surface area contributed by atoms with Crippen molar-refractivity contribution in [2.75, 3.05) is 31.1 Å². The van der Waals surface area contributed by atoms with Crippen LogP contribution < -0.4 is 53.0 Å². The lowest BCUT2D eigenvalue weighted by Gasteiger charge is -2.11. The summed E-state index contributed by atoms with van der Waals surface area (Å²) in [4.78, 5) is 2.06. The third-order valence-corrected chi connectivity index (χ3v) is 5.78. The summed E-state index contributed by atoms with van der Waals surface area (Å²) < 4.78 is 4.37.